The molecule has 1 atom stereocenters. The van der Waals surface area contributed by atoms with Crippen molar-refractivity contribution < 1.29 is 0 Å². The lowest BCUT2D eigenvalue weighted by Gasteiger charge is -2.18. The molecule has 0 spiro atoms. The number of nitrogens with zero attached hydrogens (tertiary/aromatic N) is 1. The van der Waals surface area contributed by atoms with Gasteiger partial charge in [-0.2, -0.15) is 16.3 Å². The SMILES string of the molecule is CCC[C@@H](C#N)[Si](C)(C)Cl. The van der Waals surface area contributed by atoms with Crippen LogP contribution in [-0.2, 0) is 0 Å². The van der Waals surface area contributed by atoms with Gasteiger partial charge in [0.2, 0.25) is 0 Å². The summed E-state index contributed by atoms with van der Waals surface area (Å²) in [6.45, 7) is 6.14. The summed E-state index contributed by atoms with van der Waals surface area (Å²) in [7, 11) is -1.70. The van der Waals surface area contributed by atoms with E-state index in [4.69, 9.17) is 16.3 Å². The van der Waals surface area contributed by atoms with Crippen LogP contribution >= 0.6 is 11.1 Å². The first-order chi connectivity index (χ1) is 4.52. The van der Waals surface area contributed by atoms with Gasteiger partial charge in [0.1, 0.15) is 0 Å². The van der Waals surface area contributed by atoms with Crippen LogP contribution in [0.5, 0.6) is 0 Å². The van der Waals surface area contributed by atoms with E-state index in [1.165, 1.54) is 0 Å². The number of rotatable bonds is 3. The largest absolute Gasteiger partial charge is 0.198 e. The number of halogens is 1. The molecule has 0 aliphatic heterocycles. The summed E-state index contributed by atoms with van der Waals surface area (Å²) >= 11 is 6.09. The summed E-state index contributed by atoms with van der Waals surface area (Å²) in [6.07, 6.45) is 2.01. The van der Waals surface area contributed by atoms with Crippen molar-refractivity contribution in [3.63, 3.8) is 0 Å². The molecule has 0 fully saturated rings. The molecule has 0 N–H and O–H groups in total. The van der Waals surface area contributed by atoms with Gasteiger partial charge in [0.15, 0.2) is 7.38 Å². The van der Waals surface area contributed by atoms with Crippen molar-refractivity contribution in [1.29, 1.82) is 5.26 Å². The van der Waals surface area contributed by atoms with Crippen LogP contribution in [0.25, 0.3) is 0 Å². The van der Waals surface area contributed by atoms with E-state index in [9.17, 15) is 0 Å². The van der Waals surface area contributed by atoms with Gasteiger partial charge in [-0.3, -0.25) is 0 Å². The molecule has 1 nitrogen and oxygen atoms in total. The Kier molecular flexibility index (Phi) is 4.00. The Balaban J connectivity index is 3.98. The maximum atomic E-state index is 8.69. The van der Waals surface area contributed by atoms with Gasteiger partial charge in [-0.25, -0.2) is 0 Å². The molecule has 0 heterocycles. The molecule has 3 heteroatoms. The van der Waals surface area contributed by atoms with Gasteiger partial charge in [0.05, 0.1) is 11.6 Å². The van der Waals surface area contributed by atoms with Gasteiger partial charge >= 0.3 is 0 Å². The van der Waals surface area contributed by atoms with Crippen molar-refractivity contribution in [2.24, 2.45) is 0 Å². The lowest BCUT2D eigenvalue weighted by Crippen LogP contribution is -2.23. The highest BCUT2D eigenvalue weighted by atomic mass is 35.6. The minimum absolute atomic E-state index is 0.124. The summed E-state index contributed by atoms with van der Waals surface area (Å²) in [5, 5.41) is 8.69. The van der Waals surface area contributed by atoms with E-state index in [2.05, 4.69) is 13.0 Å². The van der Waals surface area contributed by atoms with Crippen molar-refractivity contribution in [2.45, 2.75) is 38.4 Å². The average molecular weight is 176 g/mol. The van der Waals surface area contributed by atoms with Crippen LogP contribution in [0.15, 0.2) is 0 Å². The topological polar surface area (TPSA) is 23.8 Å². The molecule has 0 radical (unpaired) electrons. The molecule has 0 bridgehead atoms. The molecule has 10 heavy (non-hydrogen) atoms. The second-order valence-corrected chi connectivity index (χ2v) is 9.78. The quantitative estimate of drug-likeness (QED) is 0.478. The predicted molar refractivity (Wildman–Crippen MR) is 47.6 cm³/mol. The lowest BCUT2D eigenvalue weighted by molar-refractivity contribution is 0.805. The van der Waals surface area contributed by atoms with Gasteiger partial charge in [-0.15, -0.1) is 0 Å². The van der Waals surface area contributed by atoms with E-state index in [1.807, 2.05) is 13.1 Å². The summed E-state index contributed by atoms with van der Waals surface area (Å²) in [4.78, 5) is 0. The third-order valence-corrected chi connectivity index (χ3v) is 4.43. The Bertz CT molecular complexity index is 134. The fourth-order valence-corrected chi connectivity index (χ4v) is 2.61. The molecule has 0 unspecified atom stereocenters. The van der Waals surface area contributed by atoms with Gasteiger partial charge in [-0.1, -0.05) is 26.4 Å². The van der Waals surface area contributed by atoms with Gasteiger partial charge < -0.3 is 0 Å². The van der Waals surface area contributed by atoms with Crippen LogP contribution in [0.2, 0.25) is 18.6 Å². The molecule has 0 aromatic carbocycles. The minimum Gasteiger partial charge on any atom is -0.198 e. The maximum absolute atomic E-state index is 8.69. The zero-order chi connectivity index (χ0) is 8.20. The van der Waals surface area contributed by atoms with E-state index in [1.54, 1.807) is 0 Å². The predicted octanol–water partition coefficient (Wildman–Crippen LogP) is 3.12. The van der Waals surface area contributed by atoms with Crippen molar-refractivity contribution in [1.82, 2.24) is 0 Å². The van der Waals surface area contributed by atoms with E-state index in [0.29, 0.717) is 0 Å². The fourth-order valence-electron chi connectivity index (χ4n) is 0.850. The van der Waals surface area contributed by atoms with Crippen LogP contribution in [0.3, 0.4) is 0 Å². The van der Waals surface area contributed by atoms with Crippen LogP contribution < -0.4 is 0 Å². The highest BCUT2D eigenvalue weighted by molar-refractivity contribution is 7.20. The first-order valence-electron chi connectivity index (χ1n) is 3.61. The highest BCUT2D eigenvalue weighted by Crippen LogP contribution is 2.28. The van der Waals surface area contributed by atoms with Crippen LogP contribution in [0, 0.1) is 11.3 Å². The molecule has 58 valence electrons. The van der Waals surface area contributed by atoms with Crippen LogP contribution in [0.1, 0.15) is 19.8 Å². The smallest absolute Gasteiger partial charge is 0.167 e. The molecule has 0 aromatic heterocycles. The number of hydrogen-bond donors (Lipinski definition) is 0. The molecule has 0 aromatic rings. The summed E-state index contributed by atoms with van der Waals surface area (Å²) in [6, 6.07) is 2.27. The number of hydrogen-bond acceptors (Lipinski definition) is 1. The standard InChI is InChI=1S/C7H14ClNSi/c1-4-5-7(6-9)10(2,3)8/h7H,4-5H2,1-3H3/t7-/m0/s1. The van der Waals surface area contributed by atoms with Crippen molar-refractivity contribution >= 4 is 18.5 Å². The number of nitriles is 1. The zero-order valence-corrected chi connectivity index (χ0v) is 8.57. The fraction of sp³-hybridized carbons (Fsp3) is 0.857. The molecule has 0 saturated heterocycles. The monoisotopic (exact) mass is 175 g/mol. The van der Waals surface area contributed by atoms with E-state index in [-0.39, 0.29) is 5.54 Å². The Morgan fingerprint density at radius 3 is 2.20 bits per heavy atom. The highest BCUT2D eigenvalue weighted by Gasteiger charge is 2.28. The average Bonchev–Trinajstić information content (AvgIpc) is 1.80. The first kappa shape index (κ1) is 10.00. The zero-order valence-electron chi connectivity index (χ0n) is 6.82. The van der Waals surface area contributed by atoms with Gasteiger partial charge in [-0.05, 0) is 6.42 Å². The molecule has 0 saturated carbocycles. The van der Waals surface area contributed by atoms with Crippen LogP contribution in [-0.4, -0.2) is 7.38 Å². The Morgan fingerprint density at radius 1 is 1.60 bits per heavy atom. The Hall–Kier alpha value is -0.00312. The molecule has 0 amide bonds. The van der Waals surface area contributed by atoms with Crippen LogP contribution in [0.4, 0.5) is 0 Å². The van der Waals surface area contributed by atoms with E-state index in [0.717, 1.165) is 12.8 Å². The Labute approximate surface area is 68.7 Å². The van der Waals surface area contributed by atoms with Gasteiger partial charge in [0.25, 0.3) is 0 Å². The molecule has 0 aliphatic carbocycles. The molecule has 0 aliphatic rings. The van der Waals surface area contributed by atoms with E-state index >= 15 is 0 Å². The van der Waals surface area contributed by atoms with Crippen molar-refractivity contribution in [3.8, 4) is 6.07 Å². The molecular weight excluding hydrogens is 162 g/mol. The normalized spacial score (nSPS) is 14.3. The summed E-state index contributed by atoms with van der Waals surface area (Å²) in [5.74, 6) is 0. The Morgan fingerprint density at radius 2 is 2.10 bits per heavy atom. The molecular formula is C7H14ClNSi. The third kappa shape index (κ3) is 3.24. The minimum atomic E-state index is -1.70. The van der Waals surface area contributed by atoms with Crippen molar-refractivity contribution in [2.75, 3.05) is 0 Å². The third-order valence-electron chi connectivity index (χ3n) is 1.56. The second-order valence-electron chi connectivity index (χ2n) is 3.03. The summed E-state index contributed by atoms with van der Waals surface area (Å²) in [5.41, 5.74) is 0.124. The first-order valence-corrected chi connectivity index (χ1v) is 7.69. The van der Waals surface area contributed by atoms with Crippen molar-refractivity contribution in [3.05, 3.63) is 0 Å². The molecule has 0 rings (SSSR count). The van der Waals surface area contributed by atoms with Gasteiger partial charge in [0, 0.05) is 0 Å². The second kappa shape index (κ2) is 4.00. The summed E-state index contributed by atoms with van der Waals surface area (Å²) < 4.78 is 0. The van der Waals surface area contributed by atoms with E-state index < -0.39 is 7.38 Å². The lowest BCUT2D eigenvalue weighted by atomic mass is 10.3. The maximum Gasteiger partial charge on any atom is 0.167 e.